The first kappa shape index (κ1) is 19.7. The van der Waals surface area contributed by atoms with E-state index < -0.39 is 12.6 Å². The molecule has 1 amide bonds. The number of aliphatic carboxylic acids is 1. The van der Waals surface area contributed by atoms with Gasteiger partial charge in [-0.2, -0.15) is 0 Å². The van der Waals surface area contributed by atoms with Crippen LogP contribution in [-0.4, -0.2) is 43.5 Å². The van der Waals surface area contributed by atoms with Gasteiger partial charge in [0.25, 0.3) is 5.91 Å². The lowest BCUT2D eigenvalue weighted by Gasteiger charge is -2.19. The van der Waals surface area contributed by atoms with Crippen molar-refractivity contribution in [3.05, 3.63) is 48.0 Å². The molecule has 26 heavy (non-hydrogen) atoms. The van der Waals surface area contributed by atoms with E-state index in [4.69, 9.17) is 14.6 Å². The van der Waals surface area contributed by atoms with Gasteiger partial charge in [0.05, 0.1) is 6.61 Å². The van der Waals surface area contributed by atoms with Crippen LogP contribution in [0.5, 0.6) is 11.5 Å². The molecule has 0 spiro atoms. The average molecular weight is 375 g/mol. The molecule has 0 aliphatic carbocycles. The Kier molecular flexibility index (Phi) is 6.91. The van der Waals surface area contributed by atoms with Gasteiger partial charge in [-0.05, 0) is 49.6 Å². The smallest absolute Gasteiger partial charge is 0.341 e. The maximum atomic E-state index is 12.8. The fourth-order valence-electron chi connectivity index (χ4n) is 2.30. The number of hydrogen-bond acceptors (Lipinski definition) is 5. The van der Waals surface area contributed by atoms with Crippen LogP contribution in [0.3, 0.4) is 0 Å². The van der Waals surface area contributed by atoms with E-state index in [9.17, 15) is 9.59 Å². The van der Waals surface area contributed by atoms with E-state index in [1.165, 1.54) is 0 Å². The second-order valence-electron chi connectivity index (χ2n) is 5.34. The van der Waals surface area contributed by atoms with Crippen molar-refractivity contribution in [1.82, 2.24) is 0 Å². The number of amides is 1. The van der Waals surface area contributed by atoms with Crippen molar-refractivity contribution in [2.24, 2.45) is 0 Å². The first-order valence-corrected chi connectivity index (χ1v) is 9.22. The Morgan fingerprint density at radius 1 is 1.12 bits per heavy atom. The second kappa shape index (κ2) is 9.15. The van der Waals surface area contributed by atoms with Gasteiger partial charge in [0.15, 0.2) is 18.1 Å². The number of carbonyl (C=O) groups is 2. The van der Waals surface area contributed by atoms with Gasteiger partial charge in [-0.25, -0.2) is 4.79 Å². The summed E-state index contributed by atoms with van der Waals surface area (Å²) < 4.78 is 10.7. The van der Waals surface area contributed by atoms with Gasteiger partial charge in [0.2, 0.25) is 0 Å². The van der Waals surface area contributed by atoms with Crippen LogP contribution in [0.4, 0.5) is 5.69 Å². The highest BCUT2D eigenvalue weighted by atomic mass is 32.2. The summed E-state index contributed by atoms with van der Waals surface area (Å²) in [6, 6.07) is 12.4. The van der Waals surface area contributed by atoms with Gasteiger partial charge in [0.1, 0.15) is 0 Å². The third-order valence-electron chi connectivity index (χ3n) is 3.59. The summed E-state index contributed by atoms with van der Waals surface area (Å²) in [5.74, 6) is -0.654. The van der Waals surface area contributed by atoms with Crippen LogP contribution in [0.2, 0.25) is 0 Å². The predicted octanol–water partition coefficient (Wildman–Crippen LogP) is 3.55. The molecule has 0 saturated carbocycles. The molecule has 0 heterocycles. The standard InChI is InChI=1S/C19H21NO5S/c1-4-24-17-10-13(8-9-16(17)25-12-18(21)22)19(23)20(2)14-6-5-7-15(11-14)26-3/h5-11H,4,12H2,1-3H3,(H,21,22). The molecule has 0 fully saturated rings. The molecule has 0 aliphatic rings. The lowest BCUT2D eigenvalue weighted by molar-refractivity contribution is -0.139. The molecule has 2 aromatic carbocycles. The summed E-state index contributed by atoms with van der Waals surface area (Å²) in [7, 11) is 1.71. The highest BCUT2D eigenvalue weighted by Crippen LogP contribution is 2.30. The molecule has 2 rings (SSSR count). The largest absolute Gasteiger partial charge is 0.490 e. The minimum absolute atomic E-state index is 0.200. The summed E-state index contributed by atoms with van der Waals surface area (Å²) in [5.41, 5.74) is 1.21. The molecule has 0 radical (unpaired) electrons. The van der Waals surface area contributed by atoms with E-state index in [1.807, 2.05) is 30.5 Å². The molecule has 6 nitrogen and oxygen atoms in total. The summed E-state index contributed by atoms with van der Waals surface area (Å²) in [6.45, 7) is 1.69. The van der Waals surface area contributed by atoms with Crippen LogP contribution in [-0.2, 0) is 4.79 Å². The average Bonchev–Trinajstić information content (AvgIpc) is 2.66. The molecular weight excluding hydrogens is 354 g/mol. The van der Waals surface area contributed by atoms with Crippen LogP contribution in [0.25, 0.3) is 0 Å². The first-order valence-electron chi connectivity index (χ1n) is 7.99. The minimum Gasteiger partial charge on any atom is -0.490 e. The zero-order valence-electron chi connectivity index (χ0n) is 14.9. The number of ether oxygens (including phenoxy) is 2. The van der Waals surface area contributed by atoms with Crippen LogP contribution >= 0.6 is 11.8 Å². The molecule has 0 atom stereocenters. The fourth-order valence-corrected chi connectivity index (χ4v) is 2.75. The zero-order valence-corrected chi connectivity index (χ0v) is 15.7. The van der Waals surface area contributed by atoms with Crippen molar-refractivity contribution >= 4 is 29.3 Å². The molecule has 7 heteroatoms. The molecule has 0 aliphatic heterocycles. The fraction of sp³-hybridized carbons (Fsp3) is 0.263. The van der Waals surface area contributed by atoms with Crippen molar-refractivity contribution in [2.45, 2.75) is 11.8 Å². The number of nitrogens with zero attached hydrogens (tertiary/aromatic N) is 1. The molecule has 0 saturated heterocycles. The number of thioether (sulfide) groups is 1. The third kappa shape index (κ3) is 4.92. The predicted molar refractivity (Wildman–Crippen MR) is 102 cm³/mol. The van der Waals surface area contributed by atoms with Gasteiger partial charge in [-0.15, -0.1) is 11.8 Å². The van der Waals surface area contributed by atoms with E-state index in [0.717, 1.165) is 10.6 Å². The molecule has 138 valence electrons. The van der Waals surface area contributed by atoms with Crippen LogP contribution in [0, 0.1) is 0 Å². The van der Waals surface area contributed by atoms with Crippen molar-refractivity contribution in [2.75, 3.05) is 31.4 Å². The maximum absolute atomic E-state index is 12.8. The molecular formula is C19H21NO5S. The second-order valence-corrected chi connectivity index (χ2v) is 6.22. The Morgan fingerprint density at radius 2 is 1.88 bits per heavy atom. The monoisotopic (exact) mass is 375 g/mol. The van der Waals surface area contributed by atoms with Gasteiger partial charge in [0, 0.05) is 23.2 Å². The first-order chi connectivity index (χ1) is 12.5. The number of carboxylic acid groups (broad SMARTS) is 1. The molecule has 1 N–H and O–H groups in total. The van der Waals surface area contributed by atoms with Crippen LogP contribution < -0.4 is 14.4 Å². The lowest BCUT2D eigenvalue weighted by Crippen LogP contribution is -2.26. The Morgan fingerprint density at radius 3 is 2.54 bits per heavy atom. The van der Waals surface area contributed by atoms with Gasteiger partial charge in [-0.3, -0.25) is 4.79 Å². The van der Waals surface area contributed by atoms with E-state index in [2.05, 4.69) is 0 Å². The summed E-state index contributed by atoms with van der Waals surface area (Å²) in [6.07, 6.45) is 1.98. The number of benzene rings is 2. The minimum atomic E-state index is -1.08. The van der Waals surface area contributed by atoms with Crippen molar-refractivity contribution < 1.29 is 24.2 Å². The summed E-state index contributed by atoms with van der Waals surface area (Å²) >= 11 is 1.60. The van der Waals surface area contributed by atoms with Gasteiger partial charge in [-0.1, -0.05) is 6.07 Å². The van der Waals surface area contributed by atoms with E-state index in [0.29, 0.717) is 17.9 Å². The van der Waals surface area contributed by atoms with Crippen molar-refractivity contribution in [3.63, 3.8) is 0 Å². The Hall–Kier alpha value is -2.67. The van der Waals surface area contributed by atoms with Gasteiger partial charge >= 0.3 is 5.97 Å². The number of carboxylic acids is 1. The van der Waals surface area contributed by atoms with Crippen molar-refractivity contribution in [1.29, 1.82) is 0 Å². The third-order valence-corrected chi connectivity index (χ3v) is 4.31. The SMILES string of the molecule is CCOc1cc(C(=O)N(C)c2cccc(SC)c2)ccc1OCC(=O)O. The lowest BCUT2D eigenvalue weighted by atomic mass is 10.1. The normalized spacial score (nSPS) is 10.3. The van der Waals surface area contributed by atoms with Crippen LogP contribution in [0.15, 0.2) is 47.4 Å². The highest BCUT2D eigenvalue weighted by Gasteiger charge is 2.17. The molecule has 0 bridgehead atoms. The Bertz CT molecular complexity index is 793. The Balaban J connectivity index is 2.26. The number of hydrogen-bond donors (Lipinski definition) is 1. The highest BCUT2D eigenvalue weighted by molar-refractivity contribution is 7.98. The topological polar surface area (TPSA) is 76.1 Å². The number of anilines is 1. The van der Waals surface area contributed by atoms with E-state index in [1.54, 1.807) is 48.8 Å². The molecule has 2 aromatic rings. The maximum Gasteiger partial charge on any atom is 0.341 e. The summed E-state index contributed by atoms with van der Waals surface area (Å²) in [5, 5.41) is 8.75. The summed E-state index contributed by atoms with van der Waals surface area (Å²) in [4.78, 5) is 26.1. The Labute approximate surface area is 156 Å². The number of carbonyl (C=O) groups excluding carboxylic acids is 1. The van der Waals surface area contributed by atoms with E-state index in [-0.39, 0.29) is 11.7 Å². The zero-order chi connectivity index (χ0) is 19.1. The number of rotatable bonds is 8. The molecule has 0 aromatic heterocycles. The molecule has 0 unspecified atom stereocenters. The quantitative estimate of drug-likeness (QED) is 0.711. The van der Waals surface area contributed by atoms with Crippen molar-refractivity contribution in [3.8, 4) is 11.5 Å². The van der Waals surface area contributed by atoms with Crippen LogP contribution in [0.1, 0.15) is 17.3 Å². The van der Waals surface area contributed by atoms with Gasteiger partial charge < -0.3 is 19.5 Å². The van der Waals surface area contributed by atoms with E-state index >= 15 is 0 Å².